The fourth-order valence-electron chi connectivity index (χ4n) is 1.17. The third-order valence-electron chi connectivity index (χ3n) is 1.72. The maximum absolute atomic E-state index is 11.1. The van der Waals surface area contributed by atoms with Gasteiger partial charge in [0, 0.05) is 6.42 Å². The minimum Gasteiger partial charge on any atom is -0.295 e. The van der Waals surface area contributed by atoms with Gasteiger partial charge in [0.15, 0.2) is 5.78 Å². The van der Waals surface area contributed by atoms with Crippen LogP contribution in [0.15, 0.2) is 24.3 Å². The number of hydrogen-bond acceptors (Lipinski definition) is 1. The van der Waals surface area contributed by atoms with E-state index in [-0.39, 0.29) is 0 Å². The zero-order valence-corrected chi connectivity index (χ0v) is 6.10. The molecule has 0 unspecified atom stereocenters. The van der Waals surface area contributed by atoms with Gasteiger partial charge in [-0.05, 0) is 24.8 Å². The summed E-state index contributed by atoms with van der Waals surface area (Å²) in [5, 5.41) is 0. The average Bonchev–Trinajstić information content (AvgIpc) is 1.94. The minimum atomic E-state index is 0.311. The predicted octanol–water partition coefficient (Wildman–Crippen LogP) is 2.24. The summed E-state index contributed by atoms with van der Waals surface area (Å²) in [5.74, 6) is 0.311. The summed E-state index contributed by atoms with van der Waals surface area (Å²) in [7, 11) is 0. The summed E-state index contributed by atoms with van der Waals surface area (Å²) in [6, 6.07) is 0. The van der Waals surface area contributed by atoms with E-state index >= 15 is 0 Å². The SMILES string of the molecule is C=CCC1=CCCCC1=O. The van der Waals surface area contributed by atoms with Crippen molar-refractivity contribution in [1.29, 1.82) is 0 Å². The van der Waals surface area contributed by atoms with Gasteiger partial charge < -0.3 is 0 Å². The van der Waals surface area contributed by atoms with E-state index in [0.29, 0.717) is 5.78 Å². The molecule has 10 heavy (non-hydrogen) atoms. The molecule has 0 radical (unpaired) electrons. The largest absolute Gasteiger partial charge is 0.295 e. The lowest BCUT2D eigenvalue weighted by Gasteiger charge is -2.08. The van der Waals surface area contributed by atoms with Crippen molar-refractivity contribution in [1.82, 2.24) is 0 Å². The zero-order chi connectivity index (χ0) is 7.40. The molecule has 0 aromatic carbocycles. The molecule has 0 aromatic rings. The number of rotatable bonds is 2. The molecule has 0 aliphatic heterocycles. The predicted molar refractivity (Wildman–Crippen MR) is 41.8 cm³/mol. The highest BCUT2D eigenvalue weighted by Gasteiger charge is 2.10. The van der Waals surface area contributed by atoms with Gasteiger partial charge >= 0.3 is 0 Å². The van der Waals surface area contributed by atoms with Crippen molar-refractivity contribution < 1.29 is 4.79 Å². The van der Waals surface area contributed by atoms with Gasteiger partial charge in [0.1, 0.15) is 0 Å². The van der Waals surface area contributed by atoms with Crippen LogP contribution >= 0.6 is 0 Å². The zero-order valence-electron chi connectivity index (χ0n) is 6.10. The molecule has 54 valence electrons. The smallest absolute Gasteiger partial charge is 0.158 e. The van der Waals surface area contributed by atoms with E-state index in [1.807, 2.05) is 6.08 Å². The van der Waals surface area contributed by atoms with Crippen LogP contribution in [-0.2, 0) is 4.79 Å². The molecule has 1 nitrogen and oxygen atoms in total. The Labute approximate surface area is 61.4 Å². The summed E-state index contributed by atoms with van der Waals surface area (Å²) in [5.41, 5.74) is 0.959. The third-order valence-corrected chi connectivity index (χ3v) is 1.72. The van der Waals surface area contributed by atoms with Crippen molar-refractivity contribution >= 4 is 5.78 Å². The molecule has 0 saturated heterocycles. The van der Waals surface area contributed by atoms with Gasteiger partial charge in [-0.15, -0.1) is 6.58 Å². The Morgan fingerprint density at radius 2 is 2.50 bits per heavy atom. The number of carbonyl (C=O) groups is 1. The Bertz CT molecular complexity index is 177. The monoisotopic (exact) mass is 136 g/mol. The van der Waals surface area contributed by atoms with Crippen LogP contribution in [0.2, 0.25) is 0 Å². The van der Waals surface area contributed by atoms with Crippen molar-refractivity contribution in [2.24, 2.45) is 0 Å². The molecule has 0 fully saturated rings. The first-order valence-corrected chi connectivity index (χ1v) is 3.67. The molecule has 0 amide bonds. The lowest BCUT2D eigenvalue weighted by molar-refractivity contribution is -0.116. The van der Waals surface area contributed by atoms with Gasteiger partial charge in [-0.2, -0.15) is 0 Å². The van der Waals surface area contributed by atoms with E-state index in [1.165, 1.54) is 0 Å². The standard InChI is InChI=1S/C9H12O/c1-2-5-8-6-3-4-7-9(8)10/h2,6H,1,3-5,7H2. The van der Waals surface area contributed by atoms with Crippen LogP contribution in [0.1, 0.15) is 25.7 Å². The van der Waals surface area contributed by atoms with E-state index < -0.39 is 0 Å². The summed E-state index contributed by atoms with van der Waals surface area (Å²) in [6.07, 6.45) is 7.40. The highest BCUT2D eigenvalue weighted by atomic mass is 16.1. The molecule has 0 bridgehead atoms. The van der Waals surface area contributed by atoms with Gasteiger partial charge in [-0.25, -0.2) is 0 Å². The summed E-state index contributed by atoms with van der Waals surface area (Å²) < 4.78 is 0. The van der Waals surface area contributed by atoms with Gasteiger partial charge in [0.2, 0.25) is 0 Å². The molecule has 0 heterocycles. The third kappa shape index (κ3) is 1.56. The van der Waals surface area contributed by atoms with Crippen LogP contribution < -0.4 is 0 Å². The first-order valence-electron chi connectivity index (χ1n) is 3.67. The molecule has 0 saturated carbocycles. The first kappa shape index (κ1) is 7.26. The topological polar surface area (TPSA) is 17.1 Å². The van der Waals surface area contributed by atoms with Crippen LogP contribution in [0.4, 0.5) is 0 Å². The van der Waals surface area contributed by atoms with Gasteiger partial charge in [-0.3, -0.25) is 4.79 Å². The van der Waals surface area contributed by atoms with Crippen molar-refractivity contribution in [3.8, 4) is 0 Å². The average molecular weight is 136 g/mol. The van der Waals surface area contributed by atoms with Crippen LogP contribution in [0.3, 0.4) is 0 Å². The molecule has 0 N–H and O–H groups in total. The molecule has 0 atom stereocenters. The normalized spacial score (nSPS) is 18.4. The van der Waals surface area contributed by atoms with E-state index in [2.05, 4.69) is 6.58 Å². The molecule has 1 aliphatic rings. The number of hydrogen-bond donors (Lipinski definition) is 0. The van der Waals surface area contributed by atoms with Gasteiger partial charge in [-0.1, -0.05) is 12.2 Å². The van der Waals surface area contributed by atoms with Crippen LogP contribution in [-0.4, -0.2) is 5.78 Å². The van der Waals surface area contributed by atoms with Crippen LogP contribution in [0.25, 0.3) is 0 Å². The Balaban J connectivity index is 2.61. The van der Waals surface area contributed by atoms with Crippen molar-refractivity contribution in [3.63, 3.8) is 0 Å². The second-order valence-corrected chi connectivity index (χ2v) is 2.54. The Hall–Kier alpha value is -0.850. The lowest BCUT2D eigenvalue weighted by atomic mass is 9.96. The molecular weight excluding hydrogens is 124 g/mol. The number of ketones is 1. The lowest BCUT2D eigenvalue weighted by Crippen LogP contribution is -2.05. The number of Topliss-reactive ketones (excluding diaryl/α,β-unsaturated/α-hetero) is 1. The second kappa shape index (κ2) is 3.35. The summed E-state index contributed by atoms with van der Waals surface area (Å²) >= 11 is 0. The maximum Gasteiger partial charge on any atom is 0.158 e. The summed E-state index contributed by atoms with van der Waals surface area (Å²) in [4.78, 5) is 11.1. The summed E-state index contributed by atoms with van der Waals surface area (Å²) in [6.45, 7) is 3.60. The fourth-order valence-corrected chi connectivity index (χ4v) is 1.17. The molecular formula is C9H12O. The minimum absolute atomic E-state index is 0.311. The van der Waals surface area contributed by atoms with Crippen molar-refractivity contribution in [2.75, 3.05) is 0 Å². The van der Waals surface area contributed by atoms with Gasteiger partial charge in [0.25, 0.3) is 0 Å². The Morgan fingerprint density at radius 3 is 3.10 bits per heavy atom. The van der Waals surface area contributed by atoms with E-state index in [4.69, 9.17) is 0 Å². The van der Waals surface area contributed by atoms with E-state index in [0.717, 1.165) is 31.3 Å². The first-order chi connectivity index (χ1) is 4.84. The van der Waals surface area contributed by atoms with E-state index in [1.54, 1.807) is 6.08 Å². The number of allylic oxidation sites excluding steroid dienone is 3. The molecule has 1 aliphatic carbocycles. The quantitative estimate of drug-likeness (QED) is 0.532. The fraction of sp³-hybridized carbons (Fsp3) is 0.444. The number of carbonyl (C=O) groups excluding carboxylic acids is 1. The second-order valence-electron chi connectivity index (χ2n) is 2.54. The van der Waals surface area contributed by atoms with Crippen LogP contribution in [0.5, 0.6) is 0 Å². The molecule has 1 heteroatoms. The van der Waals surface area contributed by atoms with E-state index in [9.17, 15) is 4.79 Å². The van der Waals surface area contributed by atoms with Crippen LogP contribution in [0, 0.1) is 0 Å². The molecule has 0 spiro atoms. The highest BCUT2D eigenvalue weighted by Crippen LogP contribution is 2.16. The van der Waals surface area contributed by atoms with Crippen molar-refractivity contribution in [3.05, 3.63) is 24.3 Å². The van der Waals surface area contributed by atoms with Crippen molar-refractivity contribution in [2.45, 2.75) is 25.7 Å². The molecule has 1 rings (SSSR count). The molecule has 0 aromatic heterocycles. The Morgan fingerprint density at radius 1 is 1.70 bits per heavy atom. The highest BCUT2D eigenvalue weighted by molar-refractivity contribution is 5.96. The Kier molecular flexibility index (Phi) is 2.43. The van der Waals surface area contributed by atoms with Gasteiger partial charge in [0.05, 0.1) is 0 Å². The maximum atomic E-state index is 11.1.